The van der Waals surface area contributed by atoms with Crippen LogP contribution >= 0.6 is 0 Å². The summed E-state index contributed by atoms with van der Waals surface area (Å²) in [4.78, 5) is 12.3. The van der Waals surface area contributed by atoms with Crippen LogP contribution in [0.15, 0.2) is 60.7 Å². The second-order valence-electron chi connectivity index (χ2n) is 6.36. The van der Waals surface area contributed by atoms with Crippen LogP contribution in [0.4, 0.5) is 0 Å². The second kappa shape index (κ2) is 7.42. The third kappa shape index (κ3) is 3.99. The number of hydrogen-bond acceptors (Lipinski definition) is 3. The first-order valence-electron chi connectivity index (χ1n) is 7.91. The summed E-state index contributed by atoms with van der Waals surface area (Å²) in [6.45, 7) is 5.95. The Hall–Kier alpha value is -2.13. The number of nitrogens with one attached hydrogen (secondary N) is 1. The highest BCUT2D eigenvalue weighted by Crippen LogP contribution is 2.36. The van der Waals surface area contributed by atoms with Gasteiger partial charge in [-0.15, -0.1) is 0 Å². The Bertz CT molecular complexity index is 623. The zero-order chi connectivity index (χ0) is 16.9. The molecule has 0 heterocycles. The van der Waals surface area contributed by atoms with Gasteiger partial charge in [-0.3, -0.25) is 4.79 Å². The molecule has 3 nitrogen and oxygen atoms in total. The van der Waals surface area contributed by atoms with Crippen LogP contribution in [0.25, 0.3) is 0 Å². The molecule has 2 atom stereocenters. The topological polar surface area (TPSA) is 38.3 Å². The minimum atomic E-state index is -0.681. The predicted octanol–water partition coefficient (Wildman–Crippen LogP) is 4.28. The van der Waals surface area contributed by atoms with E-state index in [1.807, 2.05) is 62.4 Å². The fraction of sp³-hybridized carbons (Fsp3) is 0.350. The van der Waals surface area contributed by atoms with Crippen LogP contribution in [0.2, 0.25) is 0 Å². The quantitative estimate of drug-likeness (QED) is 0.809. The number of hydrogen-bond donors (Lipinski definition) is 1. The Labute approximate surface area is 138 Å². The van der Waals surface area contributed by atoms with Crippen molar-refractivity contribution < 1.29 is 9.53 Å². The van der Waals surface area contributed by atoms with Crippen LogP contribution in [-0.2, 0) is 9.53 Å². The van der Waals surface area contributed by atoms with E-state index in [1.54, 1.807) is 0 Å². The van der Waals surface area contributed by atoms with Gasteiger partial charge in [-0.25, -0.2) is 0 Å². The summed E-state index contributed by atoms with van der Waals surface area (Å²) in [5, 5.41) is 3.60. The lowest BCUT2D eigenvalue weighted by Crippen LogP contribution is -2.41. The van der Waals surface area contributed by atoms with Crippen molar-refractivity contribution in [3.8, 4) is 0 Å². The number of methoxy groups -OCH3 is 1. The van der Waals surface area contributed by atoms with E-state index in [2.05, 4.69) is 24.4 Å². The summed E-state index contributed by atoms with van der Waals surface area (Å²) in [7, 11) is 1.44. The number of esters is 1. The van der Waals surface area contributed by atoms with Gasteiger partial charge in [0.2, 0.25) is 0 Å². The molecule has 0 unspecified atom stereocenters. The molecule has 0 spiro atoms. The summed E-state index contributed by atoms with van der Waals surface area (Å²) in [5.74, 6) is -0.223. The number of rotatable bonds is 6. The second-order valence-corrected chi connectivity index (χ2v) is 6.36. The van der Waals surface area contributed by atoms with Crippen molar-refractivity contribution in [3.05, 3.63) is 71.8 Å². The molecule has 2 aromatic carbocycles. The maximum Gasteiger partial charge on any atom is 0.313 e. The van der Waals surface area contributed by atoms with Crippen molar-refractivity contribution in [1.82, 2.24) is 5.32 Å². The summed E-state index contributed by atoms with van der Waals surface area (Å²) in [5.41, 5.74) is 1.58. The van der Waals surface area contributed by atoms with Crippen molar-refractivity contribution in [3.63, 3.8) is 0 Å². The summed E-state index contributed by atoms with van der Waals surface area (Å²) in [6.07, 6.45) is 0. The van der Waals surface area contributed by atoms with E-state index in [0.29, 0.717) is 0 Å². The molecular formula is C20H25NO2. The fourth-order valence-electron chi connectivity index (χ4n) is 2.84. The molecule has 0 aliphatic carbocycles. The van der Waals surface area contributed by atoms with Gasteiger partial charge in [0, 0.05) is 12.1 Å². The van der Waals surface area contributed by atoms with Crippen LogP contribution < -0.4 is 5.32 Å². The molecule has 0 aromatic heterocycles. The third-order valence-corrected chi connectivity index (χ3v) is 4.28. The van der Waals surface area contributed by atoms with Gasteiger partial charge in [-0.05, 0) is 31.9 Å². The van der Waals surface area contributed by atoms with E-state index in [1.165, 1.54) is 12.7 Å². The smallest absolute Gasteiger partial charge is 0.313 e. The van der Waals surface area contributed by atoms with E-state index in [-0.39, 0.29) is 18.1 Å². The molecule has 2 aromatic rings. The molecule has 122 valence electrons. The average molecular weight is 311 g/mol. The minimum absolute atomic E-state index is 0.116. The van der Waals surface area contributed by atoms with E-state index in [9.17, 15) is 4.79 Å². The molecule has 0 amide bonds. The summed E-state index contributed by atoms with van der Waals surface area (Å²) < 4.78 is 5.03. The Kier molecular flexibility index (Phi) is 5.56. The maximum absolute atomic E-state index is 12.3. The van der Waals surface area contributed by atoms with Crippen molar-refractivity contribution in [2.45, 2.75) is 32.9 Å². The molecule has 0 fully saturated rings. The Morgan fingerprint density at radius 2 is 1.43 bits per heavy atom. The predicted molar refractivity (Wildman–Crippen MR) is 93.0 cm³/mol. The zero-order valence-corrected chi connectivity index (χ0v) is 14.2. The first kappa shape index (κ1) is 17.2. The fourth-order valence-corrected chi connectivity index (χ4v) is 2.84. The zero-order valence-electron chi connectivity index (χ0n) is 14.2. The van der Waals surface area contributed by atoms with E-state index in [4.69, 9.17) is 4.74 Å². The number of carbonyl (C=O) groups is 1. The van der Waals surface area contributed by atoms with Crippen LogP contribution in [0.5, 0.6) is 0 Å². The van der Waals surface area contributed by atoms with Gasteiger partial charge in [-0.2, -0.15) is 0 Å². The molecule has 0 saturated heterocycles. The molecule has 1 N–H and O–H groups in total. The van der Waals surface area contributed by atoms with Crippen molar-refractivity contribution in [2.75, 3.05) is 7.11 Å². The van der Waals surface area contributed by atoms with E-state index in [0.717, 1.165) is 5.56 Å². The van der Waals surface area contributed by atoms with Crippen molar-refractivity contribution >= 4 is 5.97 Å². The van der Waals surface area contributed by atoms with Gasteiger partial charge in [0.05, 0.1) is 12.5 Å². The highest BCUT2D eigenvalue weighted by molar-refractivity contribution is 5.77. The minimum Gasteiger partial charge on any atom is -0.469 e. The lowest BCUT2D eigenvalue weighted by atomic mass is 9.79. The summed E-state index contributed by atoms with van der Waals surface area (Å²) >= 11 is 0. The van der Waals surface area contributed by atoms with Crippen LogP contribution in [0.3, 0.4) is 0 Å². The van der Waals surface area contributed by atoms with Crippen LogP contribution in [-0.4, -0.2) is 13.1 Å². The monoisotopic (exact) mass is 311 g/mol. The maximum atomic E-state index is 12.3. The Balaban J connectivity index is 2.33. The van der Waals surface area contributed by atoms with Crippen molar-refractivity contribution in [2.24, 2.45) is 5.41 Å². The van der Waals surface area contributed by atoms with Crippen LogP contribution in [0, 0.1) is 5.41 Å². The normalized spacial score (nSPS) is 14.1. The van der Waals surface area contributed by atoms with Gasteiger partial charge in [0.25, 0.3) is 0 Å². The van der Waals surface area contributed by atoms with Gasteiger partial charge in [0.15, 0.2) is 0 Å². The van der Waals surface area contributed by atoms with E-state index < -0.39 is 5.41 Å². The van der Waals surface area contributed by atoms with Crippen molar-refractivity contribution in [1.29, 1.82) is 0 Å². The number of ether oxygens (including phenoxy) is 1. The lowest BCUT2D eigenvalue weighted by Gasteiger charge is -2.35. The first-order valence-corrected chi connectivity index (χ1v) is 7.91. The summed E-state index contributed by atoms with van der Waals surface area (Å²) in [6, 6.07) is 20.2. The first-order chi connectivity index (χ1) is 11.0. The molecular weight excluding hydrogens is 286 g/mol. The largest absolute Gasteiger partial charge is 0.469 e. The Morgan fingerprint density at radius 3 is 1.91 bits per heavy atom. The number of carbonyl (C=O) groups excluding carboxylic acids is 1. The lowest BCUT2D eigenvalue weighted by molar-refractivity contribution is -0.152. The SMILES string of the molecule is COC(=O)C(C)(C)[C@@H](N[C@H](C)c1ccccc1)c1ccccc1. The average Bonchev–Trinajstić information content (AvgIpc) is 2.60. The molecule has 23 heavy (non-hydrogen) atoms. The highest BCUT2D eigenvalue weighted by atomic mass is 16.5. The molecule has 2 rings (SSSR count). The van der Waals surface area contributed by atoms with Gasteiger partial charge < -0.3 is 10.1 Å². The van der Waals surface area contributed by atoms with Gasteiger partial charge in [0.1, 0.15) is 0 Å². The van der Waals surface area contributed by atoms with Crippen LogP contribution in [0.1, 0.15) is 44.0 Å². The molecule has 3 heteroatoms. The number of benzene rings is 2. The third-order valence-electron chi connectivity index (χ3n) is 4.28. The van der Waals surface area contributed by atoms with E-state index >= 15 is 0 Å². The van der Waals surface area contributed by atoms with Gasteiger partial charge >= 0.3 is 5.97 Å². The molecule has 0 aliphatic rings. The Morgan fingerprint density at radius 1 is 0.957 bits per heavy atom. The molecule has 0 aliphatic heterocycles. The standard InChI is InChI=1S/C20H25NO2/c1-15(16-11-7-5-8-12-16)21-18(17-13-9-6-10-14-17)20(2,3)19(22)23-4/h5-15,18,21H,1-4H3/t15-,18+/m1/s1. The molecule has 0 bridgehead atoms. The molecule has 0 saturated carbocycles. The molecule has 0 radical (unpaired) electrons. The van der Waals surface area contributed by atoms with Gasteiger partial charge in [-0.1, -0.05) is 60.7 Å². The highest BCUT2D eigenvalue weighted by Gasteiger charge is 2.39.